The molecule has 7 heteroatoms. The molecule has 1 fully saturated rings. The highest BCUT2D eigenvalue weighted by Crippen LogP contribution is 2.15. The van der Waals surface area contributed by atoms with E-state index in [1.54, 1.807) is 12.4 Å². The van der Waals surface area contributed by atoms with Crippen molar-refractivity contribution in [1.82, 2.24) is 20.0 Å². The number of pyridine rings is 1. The van der Waals surface area contributed by atoms with E-state index in [0.29, 0.717) is 24.6 Å². The van der Waals surface area contributed by atoms with Gasteiger partial charge >= 0.3 is 0 Å². The molecule has 1 atom stereocenters. The summed E-state index contributed by atoms with van der Waals surface area (Å²) in [6.07, 6.45) is 7.03. The Labute approximate surface area is 134 Å². The van der Waals surface area contributed by atoms with Gasteiger partial charge in [0, 0.05) is 49.9 Å². The van der Waals surface area contributed by atoms with Crippen LogP contribution in [0.2, 0.25) is 0 Å². The predicted molar refractivity (Wildman–Crippen MR) is 84.3 cm³/mol. The number of aryl methyl sites for hydroxylation is 1. The lowest BCUT2D eigenvalue weighted by atomic mass is 10.1. The number of hydrogen-bond acceptors (Lipinski definition) is 6. The van der Waals surface area contributed by atoms with E-state index in [1.165, 1.54) is 0 Å². The SMILES string of the molecule is N[C@@H]1CCCN(C(=O)CCc2nc(-c3cccnc3)no2)CC1. The summed E-state index contributed by atoms with van der Waals surface area (Å²) in [6.45, 7) is 1.53. The number of rotatable bonds is 4. The van der Waals surface area contributed by atoms with Crippen LogP contribution in [0, 0.1) is 0 Å². The number of nitrogens with zero attached hydrogens (tertiary/aromatic N) is 4. The summed E-state index contributed by atoms with van der Waals surface area (Å²) in [6, 6.07) is 3.90. The van der Waals surface area contributed by atoms with E-state index in [0.717, 1.165) is 37.9 Å². The fourth-order valence-corrected chi connectivity index (χ4v) is 2.71. The molecule has 3 rings (SSSR count). The van der Waals surface area contributed by atoms with Crippen LogP contribution in [0.25, 0.3) is 11.4 Å². The zero-order valence-corrected chi connectivity index (χ0v) is 13.0. The molecule has 1 aliphatic heterocycles. The molecule has 3 heterocycles. The summed E-state index contributed by atoms with van der Waals surface area (Å²) in [4.78, 5) is 22.5. The zero-order valence-electron chi connectivity index (χ0n) is 13.0. The first-order valence-corrected chi connectivity index (χ1v) is 7.99. The molecule has 2 aromatic rings. The van der Waals surface area contributed by atoms with E-state index < -0.39 is 0 Å². The number of aromatic nitrogens is 3. The summed E-state index contributed by atoms with van der Waals surface area (Å²) >= 11 is 0. The van der Waals surface area contributed by atoms with Crippen molar-refractivity contribution in [2.24, 2.45) is 5.73 Å². The summed E-state index contributed by atoms with van der Waals surface area (Å²) in [5.41, 5.74) is 6.75. The molecule has 122 valence electrons. The van der Waals surface area contributed by atoms with Gasteiger partial charge in [0.2, 0.25) is 17.6 Å². The Bertz CT molecular complexity index is 643. The third kappa shape index (κ3) is 4.13. The molecule has 1 aliphatic rings. The van der Waals surface area contributed by atoms with Crippen molar-refractivity contribution in [3.63, 3.8) is 0 Å². The molecule has 1 amide bonds. The van der Waals surface area contributed by atoms with Gasteiger partial charge < -0.3 is 15.2 Å². The molecular weight excluding hydrogens is 294 g/mol. The molecule has 1 saturated heterocycles. The van der Waals surface area contributed by atoms with Crippen molar-refractivity contribution in [3.05, 3.63) is 30.4 Å². The van der Waals surface area contributed by atoms with Crippen LogP contribution in [0.4, 0.5) is 0 Å². The highest BCUT2D eigenvalue weighted by atomic mass is 16.5. The van der Waals surface area contributed by atoms with Gasteiger partial charge in [-0.05, 0) is 31.4 Å². The number of likely N-dealkylation sites (tertiary alicyclic amines) is 1. The number of nitrogens with two attached hydrogens (primary N) is 1. The second-order valence-corrected chi connectivity index (χ2v) is 5.83. The molecule has 0 radical (unpaired) electrons. The van der Waals surface area contributed by atoms with Crippen LogP contribution in [-0.2, 0) is 11.2 Å². The molecule has 2 N–H and O–H groups in total. The standard InChI is InChI=1S/C16H21N5O2/c17-13-4-2-9-21(10-7-13)15(22)6-5-14-19-16(20-23-14)12-3-1-8-18-11-12/h1,3,8,11,13H,2,4-7,9-10,17H2/t13-/m1/s1. The van der Waals surface area contributed by atoms with E-state index in [2.05, 4.69) is 15.1 Å². The molecule has 0 saturated carbocycles. The van der Waals surface area contributed by atoms with Crippen LogP contribution in [0.15, 0.2) is 29.0 Å². The molecule has 0 bridgehead atoms. The van der Waals surface area contributed by atoms with E-state index >= 15 is 0 Å². The van der Waals surface area contributed by atoms with E-state index in [4.69, 9.17) is 10.3 Å². The minimum Gasteiger partial charge on any atom is -0.343 e. The van der Waals surface area contributed by atoms with E-state index in [-0.39, 0.29) is 11.9 Å². The largest absolute Gasteiger partial charge is 0.343 e. The summed E-state index contributed by atoms with van der Waals surface area (Å²) < 4.78 is 5.22. The number of amides is 1. The van der Waals surface area contributed by atoms with Crippen molar-refractivity contribution < 1.29 is 9.32 Å². The van der Waals surface area contributed by atoms with Crippen LogP contribution in [0.1, 0.15) is 31.6 Å². The van der Waals surface area contributed by atoms with Gasteiger partial charge in [0.1, 0.15) is 0 Å². The quantitative estimate of drug-likeness (QED) is 0.916. The maximum absolute atomic E-state index is 12.3. The van der Waals surface area contributed by atoms with Crippen molar-refractivity contribution in [3.8, 4) is 11.4 Å². The molecule has 7 nitrogen and oxygen atoms in total. The van der Waals surface area contributed by atoms with Gasteiger partial charge in [-0.25, -0.2) is 0 Å². The summed E-state index contributed by atoms with van der Waals surface area (Å²) in [5, 5.41) is 3.93. The first-order chi connectivity index (χ1) is 11.2. The smallest absolute Gasteiger partial charge is 0.227 e. The second-order valence-electron chi connectivity index (χ2n) is 5.83. The number of hydrogen-bond donors (Lipinski definition) is 1. The number of carbonyl (C=O) groups is 1. The minimum atomic E-state index is 0.125. The first-order valence-electron chi connectivity index (χ1n) is 7.99. The van der Waals surface area contributed by atoms with Gasteiger partial charge in [-0.3, -0.25) is 9.78 Å². The van der Waals surface area contributed by atoms with Gasteiger partial charge in [0.15, 0.2) is 0 Å². The normalized spacial score (nSPS) is 18.7. The molecular formula is C16H21N5O2. The van der Waals surface area contributed by atoms with Gasteiger partial charge in [0.05, 0.1) is 0 Å². The highest BCUT2D eigenvalue weighted by Gasteiger charge is 2.19. The van der Waals surface area contributed by atoms with E-state index in [1.807, 2.05) is 17.0 Å². The molecule has 23 heavy (non-hydrogen) atoms. The highest BCUT2D eigenvalue weighted by molar-refractivity contribution is 5.76. The average Bonchev–Trinajstić information content (AvgIpc) is 2.95. The topological polar surface area (TPSA) is 98.1 Å². The van der Waals surface area contributed by atoms with Crippen LogP contribution in [0.3, 0.4) is 0 Å². The van der Waals surface area contributed by atoms with E-state index in [9.17, 15) is 4.79 Å². The van der Waals surface area contributed by atoms with Crippen LogP contribution in [-0.4, -0.2) is 45.1 Å². The maximum atomic E-state index is 12.3. The predicted octanol–water partition coefficient (Wildman–Crippen LogP) is 1.40. The lowest BCUT2D eigenvalue weighted by molar-refractivity contribution is -0.131. The molecule has 2 aromatic heterocycles. The number of carbonyl (C=O) groups excluding carboxylic acids is 1. The van der Waals surface area contributed by atoms with Crippen LogP contribution < -0.4 is 5.73 Å². The monoisotopic (exact) mass is 315 g/mol. The van der Waals surface area contributed by atoms with Crippen molar-refractivity contribution in [2.45, 2.75) is 38.1 Å². The second kappa shape index (κ2) is 7.32. The van der Waals surface area contributed by atoms with Crippen LogP contribution >= 0.6 is 0 Å². The molecule has 0 unspecified atom stereocenters. The Kier molecular flexibility index (Phi) is 4.97. The van der Waals surface area contributed by atoms with Gasteiger partial charge in [0.25, 0.3) is 0 Å². The molecule has 0 aromatic carbocycles. The lowest BCUT2D eigenvalue weighted by Crippen LogP contribution is -2.33. The van der Waals surface area contributed by atoms with Crippen molar-refractivity contribution >= 4 is 5.91 Å². The Morgan fingerprint density at radius 3 is 3.13 bits per heavy atom. The summed E-state index contributed by atoms with van der Waals surface area (Å²) in [7, 11) is 0. The maximum Gasteiger partial charge on any atom is 0.227 e. The van der Waals surface area contributed by atoms with Crippen molar-refractivity contribution in [1.29, 1.82) is 0 Å². The third-order valence-corrected chi connectivity index (χ3v) is 4.07. The Morgan fingerprint density at radius 2 is 2.30 bits per heavy atom. The Morgan fingerprint density at radius 1 is 1.39 bits per heavy atom. The Hall–Kier alpha value is -2.28. The fourth-order valence-electron chi connectivity index (χ4n) is 2.71. The lowest BCUT2D eigenvalue weighted by Gasteiger charge is -2.19. The first kappa shape index (κ1) is 15.6. The van der Waals surface area contributed by atoms with Gasteiger partial charge in [-0.15, -0.1) is 0 Å². The zero-order chi connectivity index (χ0) is 16.1. The Balaban J connectivity index is 1.54. The third-order valence-electron chi connectivity index (χ3n) is 4.07. The molecule has 0 aliphatic carbocycles. The van der Waals surface area contributed by atoms with Gasteiger partial charge in [-0.2, -0.15) is 4.98 Å². The van der Waals surface area contributed by atoms with Gasteiger partial charge in [-0.1, -0.05) is 5.16 Å². The average molecular weight is 315 g/mol. The molecule has 0 spiro atoms. The fraction of sp³-hybridized carbons (Fsp3) is 0.500. The van der Waals surface area contributed by atoms with Crippen molar-refractivity contribution in [2.75, 3.05) is 13.1 Å². The minimum absolute atomic E-state index is 0.125. The summed E-state index contributed by atoms with van der Waals surface area (Å²) in [5.74, 6) is 1.10. The van der Waals surface area contributed by atoms with Crippen LogP contribution in [0.5, 0.6) is 0 Å².